The van der Waals surface area contributed by atoms with Crippen molar-refractivity contribution >= 4 is 24.0 Å². The number of methoxy groups -OCH3 is 2. The second-order valence-electron chi connectivity index (χ2n) is 17.1. The van der Waals surface area contributed by atoms with Gasteiger partial charge in [-0.05, 0) is 71.1 Å². The number of ether oxygens (including phenoxy) is 2. The summed E-state index contributed by atoms with van der Waals surface area (Å²) in [6.45, 7) is 9.89. The first-order valence-electron chi connectivity index (χ1n) is 19.9. The maximum atomic E-state index is 13.9. The molecule has 4 aliphatic rings. The Kier molecular flexibility index (Phi) is 9.85. The molecule has 2 aromatic heterocycles. The molecule has 8 rings (SSSR count). The Hall–Kier alpha value is -5.66. The van der Waals surface area contributed by atoms with Crippen LogP contribution in [0, 0.1) is 23.2 Å². The molecule has 4 aromatic rings. The molecule has 2 aliphatic carbocycles. The van der Waals surface area contributed by atoms with Crippen molar-refractivity contribution in [3.63, 3.8) is 0 Å². The third-order valence-corrected chi connectivity index (χ3v) is 12.6. The Morgan fingerprint density at radius 3 is 1.61 bits per heavy atom. The smallest absolute Gasteiger partial charge is 0.407 e. The van der Waals surface area contributed by atoms with E-state index in [0.717, 1.165) is 71.0 Å². The lowest BCUT2D eigenvalue weighted by molar-refractivity contribution is -0.137. The molecular formula is C43H52N8O6. The van der Waals surface area contributed by atoms with E-state index in [1.807, 2.05) is 49.9 Å². The van der Waals surface area contributed by atoms with E-state index in [-0.39, 0.29) is 53.2 Å². The van der Waals surface area contributed by atoms with Crippen LogP contribution in [-0.4, -0.2) is 92.1 Å². The van der Waals surface area contributed by atoms with Crippen LogP contribution in [0.25, 0.3) is 33.6 Å². The minimum Gasteiger partial charge on any atom is -0.453 e. The first-order valence-corrected chi connectivity index (χ1v) is 19.9. The minimum atomic E-state index is -0.691. The number of amides is 4. The first kappa shape index (κ1) is 38.2. The highest BCUT2D eigenvalue weighted by molar-refractivity contribution is 5.88. The highest BCUT2D eigenvalue weighted by Gasteiger charge is 2.64. The van der Waals surface area contributed by atoms with Crippen molar-refractivity contribution in [2.75, 3.05) is 14.2 Å². The summed E-state index contributed by atoms with van der Waals surface area (Å²) in [6.07, 6.45) is 5.98. The molecule has 4 heterocycles. The van der Waals surface area contributed by atoms with E-state index in [1.165, 1.54) is 14.2 Å². The summed E-state index contributed by atoms with van der Waals surface area (Å²) < 4.78 is 9.60. The molecule has 4 amide bonds. The van der Waals surface area contributed by atoms with E-state index in [9.17, 15) is 19.2 Å². The summed E-state index contributed by atoms with van der Waals surface area (Å²) >= 11 is 0. The van der Waals surface area contributed by atoms with Gasteiger partial charge in [-0.15, -0.1) is 0 Å². The number of alkyl carbamates (subject to hydrolysis) is 2. The molecule has 8 atom stereocenters. The number of aromatic amines is 2. The van der Waals surface area contributed by atoms with Crippen LogP contribution in [0.2, 0.25) is 0 Å². The van der Waals surface area contributed by atoms with Gasteiger partial charge >= 0.3 is 12.2 Å². The number of benzene rings is 2. The summed E-state index contributed by atoms with van der Waals surface area (Å²) in [5.41, 5.74) is 5.87. The van der Waals surface area contributed by atoms with Crippen molar-refractivity contribution in [2.45, 2.75) is 96.6 Å². The second-order valence-corrected chi connectivity index (χ2v) is 17.1. The van der Waals surface area contributed by atoms with Crippen molar-refractivity contribution in [1.29, 1.82) is 0 Å². The quantitative estimate of drug-likeness (QED) is 0.132. The van der Waals surface area contributed by atoms with Gasteiger partial charge in [-0.25, -0.2) is 19.6 Å². The van der Waals surface area contributed by atoms with E-state index >= 15 is 0 Å². The van der Waals surface area contributed by atoms with Gasteiger partial charge in [0.1, 0.15) is 23.7 Å². The number of carbonyl (C=O) groups is 4. The molecule has 0 spiro atoms. The van der Waals surface area contributed by atoms with Crippen molar-refractivity contribution in [3.8, 4) is 33.6 Å². The maximum Gasteiger partial charge on any atom is 0.407 e. The molecule has 300 valence electrons. The predicted molar refractivity (Wildman–Crippen MR) is 212 cm³/mol. The van der Waals surface area contributed by atoms with Gasteiger partial charge in [0.25, 0.3) is 0 Å². The van der Waals surface area contributed by atoms with Gasteiger partial charge in [-0.3, -0.25) is 9.59 Å². The number of hydrogen-bond donors (Lipinski definition) is 4. The van der Waals surface area contributed by atoms with Crippen LogP contribution in [0.15, 0.2) is 60.9 Å². The Morgan fingerprint density at radius 2 is 1.14 bits per heavy atom. The molecule has 2 aromatic carbocycles. The number of rotatable bonds is 11. The van der Waals surface area contributed by atoms with Crippen LogP contribution in [0.5, 0.6) is 0 Å². The van der Waals surface area contributed by atoms with Gasteiger partial charge in [0.05, 0.1) is 50.1 Å². The number of aromatic nitrogens is 4. The summed E-state index contributed by atoms with van der Waals surface area (Å²) in [6, 6.07) is 15.1. The van der Waals surface area contributed by atoms with Gasteiger partial charge < -0.3 is 39.9 Å². The predicted octanol–water partition coefficient (Wildman–Crippen LogP) is 6.61. The number of H-pyrrole nitrogens is 2. The molecule has 57 heavy (non-hydrogen) atoms. The van der Waals surface area contributed by atoms with Crippen LogP contribution < -0.4 is 10.6 Å². The normalized spacial score (nSPS) is 25.5. The fourth-order valence-corrected chi connectivity index (χ4v) is 9.06. The topological polar surface area (TPSA) is 175 Å². The fourth-order valence-electron chi connectivity index (χ4n) is 9.06. The summed E-state index contributed by atoms with van der Waals surface area (Å²) in [4.78, 5) is 72.2. The summed E-state index contributed by atoms with van der Waals surface area (Å²) in [7, 11) is 2.60. The highest BCUT2D eigenvalue weighted by Crippen LogP contribution is 2.63. The first-order chi connectivity index (χ1) is 27.3. The fraction of sp³-hybridized carbons (Fsp3) is 0.488. The molecule has 0 bridgehead atoms. The zero-order chi connectivity index (χ0) is 40.3. The number of carbonyl (C=O) groups excluding carboxylic acids is 4. The second kappa shape index (κ2) is 14.7. The van der Waals surface area contributed by atoms with Crippen molar-refractivity contribution in [3.05, 3.63) is 72.6 Å². The summed E-state index contributed by atoms with van der Waals surface area (Å²) in [5, 5.41) is 5.48. The lowest BCUT2D eigenvalue weighted by Crippen LogP contribution is -2.52. The number of fused-ring (bicyclic) bond motifs is 2. The number of likely N-dealkylation sites (tertiary alicyclic amines) is 2. The number of piperidine rings is 2. The SMILES string of the molecule is COC(=O)N[C@H](C(=O)N1[C@H]2C[C@@]2(C)C[C@H]1c1ncc(-c2ccc(-c3ccc(-c4cnc([C@@H]5C[C@@H]6C[C@@H]6N5C(=O)[C@@H](NC(=O)OC)C(C)C)[nH]4)cc3)cc2)[nH]1)C(C)C. The zero-order valence-electron chi connectivity index (χ0n) is 33.5. The Bertz CT molecular complexity index is 2160. The maximum absolute atomic E-state index is 13.9. The van der Waals surface area contributed by atoms with Gasteiger partial charge in [0.15, 0.2) is 0 Å². The Morgan fingerprint density at radius 1 is 0.684 bits per heavy atom. The number of hydrogen-bond acceptors (Lipinski definition) is 8. The lowest BCUT2D eigenvalue weighted by Gasteiger charge is -2.31. The van der Waals surface area contributed by atoms with E-state index in [2.05, 4.69) is 76.1 Å². The molecule has 2 saturated carbocycles. The minimum absolute atomic E-state index is 0.0394. The number of nitrogens with zero attached hydrogens (tertiary/aromatic N) is 4. The van der Waals surface area contributed by atoms with E-state index in [1.54, 1.807) is 0 Å². The molecule has 2 saturated heterocycles. The van der Waals surface area contributed by atoms with Gasteiger partial charge in [-0.1, -0.05) is 83.1 Å². The molecule has 14 heteroatoms. The number of imidazole rings is 2. The van der Waals surface area contributed by atoms with Crippen molar-refractivity contribution in [1.82, 2.24) is 40.4 Å². The van der Waals surface area contributed by atoms with Gasteiger partial charge in [-0.2, -0.15) is 0 Å². The van der Waals surface area contributed by atoms with Crippen LogP contribution in [0.3, 0.4) is 0 Å². The molecule has 0 unspecified atom stereocenters. The molecule has 4 fully saturated rings. The average molecular weight is 777 g/mol. The molecule has 14 nitrogen and oxygen atoms in total. The lowest BCUT2D eigenvalue weighted by atomic mass is 10.00. The largest absolute Gasteiger partial charge is 0.453 e. The third-order valence-electron chi connectivity index (χ3n) is 12.6. The van der Waals surface area contributed by atoms with Crippen LogP contribution in [0.1, 0.15) is 84.0 Å². The third kappa shape index (κ3) is 7.14. The van der Waals surface area contributed by atoms with Crippen LogP contribution >= 0.6 is 0 Å². The van der Waals surface area contributed by atoms with Crippen molar-refractivity contribution < 1.29 is 28.7 Å². The Balaban J connectivity index is 0.939. The zero-order valence-corrected chi connectivity index (χ0v) is 33.5. The van der Waals surface area contributed by atoms with E-state index in [0.29, 0.717) is 5.92 Å². The monoisotopic (exact) mass is 776 g/mol. The molecule has 2 aliphatic heterocycles. The highest BCUT2D eigenvalue weighted by atomic mass is 16.5. The summed E-state index contributed by atoms with van der Waals surface area (Å²) in [5.74, 6) is 1.53. The standard InChI is InChI=1S/C43H52N8O6/c1-22(2)35(48-41(54)56-6)39(52)50-31-16-28(31)17-32(50)37-44-20-29(46-37)26-12-8-24(9-13-26)25-10-14-27(15-11-25)30-21-45-38(47-30)33-18-43(5)19-34(43)51(33)40(53)36(23(3)4)49-42(55)57-7/h8-15,20-23,28,31-36H,16-19H2,1-7H3,(H,44,46)(H,45,47)(H,48,54)(H,49,55)/t28-,31-,32-,33-,34-,35-,36-,43+/m0/s1. The molecular weight excluding hydrogens is 725 g/mol. The van der Waals surface area contributed by atoms with Gasteiger partial charge in [0, 0.05) is 12.1 Å². The van der Waals surface area contributed by atoms with Crippen LogP contribution in [-0.2, 0) is 19.1 Å². The van der Waals surface area contributed by atoms with E-state index < -0.39 is 24.3 Å². The van der Waals surface area contributed by atoms with Crippen LogP contribution in [0.4, 0.5) is 9.59 Å². The molecule has 4 N–H and O–H groups in total. The average Bonchev–Trinajstić information content (AvgIpc) is 3.71. The van der Waals surface area contributed by atoms with Gasteiger partial charge in [0.2, 0.25) is 11.8 Å². The number of nitrogens with one attached hydrogen (secondary N) is 4. The van der Waals surface area contributed by atoms with Crippen molar-refractivity contribution in [2.24, 2.45) is 23.2 Å². The molecule has 0 radical (unpaired) electrons. The van der Waals surface area contributed by atoms with E-state index in [4.69, 9.17) is 19.4 Å². The Labute approximate surface area is 332 Å².